The fourth-order valence-electron chi connectivity index (χ4n) is 2.82. The van der Waals surface area contributed by atoms with Crippen LogP contribution in [0.15, 0.2) is 0 Å². The SMILES string of the molecule is CC(C)(C)OC(=O)N1CC[C@]2(C1)OC[C@H](I)C2(C)C. The monoisotopic (exact) mass is 381 g/mol. The third-order valence-corrected chi connectivity index (χ3v) is 6.26. The summed E-state index contributed by atoms with van der Waals surface area (Å²) >= 11 is 2.46. The fraction of sp³-hybridized carbons (Fsp3) is 0.929. The summed E-state index contributed by atoms with van der Waals surface area (Å²) in [6.07, 6.45) is 0.680. The summed E-state index contributed by atoms with van der Waals surface area (Å²) in [7, 11) is 0. The van der Waals surface area contributed by atoms with Gasteiger partial charge >= 0.3 is 6.09 Å². The van der Waals surface area contributed by atoms with Crippen LogP contribution in [-0.4, -0.2) is 45.8 Å². The molecule has 0 saturated carbocycles. The van der Waals surface area contributed by atoms with Crippen LogP contribution >= 0.6 is 22.6 Å². The van der Waals surface area contributed by atoms with Crippen LogP contribution in [0.25, 0.3) is 0 Å². The number of likely N-dealkylation sites (tertiary alicyclic amines) is 1. The minimum Gasteiger partial charge on any atom is -0.444 e. The number of carbonyl (C=O) groups excluding carboxylic acids is 1. The van der Waals surface area contributed by atoms with Gasteiger partial charge in [-0.25, -0.2) is 4.79 Å². The molecular formula is C14H24INO3. The third-order valence-electron chi connectivity index (χ3n) is 4.35. The van der Waals surface area contributed by atoms with Gasteiger partial charge in [-0.1, -0.05) is 36.4 Å². The number of nitrogens with zero attached hydrogens (tertiary/aromatic N) is 1. The predicted octanol–water partition coefficient (Wildman–Crippen LogP) is 3.23. The van der Waals surface area contributed by atoms with Crippen molar-refractivity contribution >= 4 is 28.7 Å². The molecular weight excluding hydrogens is 357 g/mol. The number of amides is 1. The highest BCUT2D eigenvalue weighted by molar-refractivity contribution is 14.1. The summed E-state index contributed by atoms with van der Waals surface area (Å²) in [5, 5.41) is 0. The molecule has 2 aliphatic rings. The molecule has 0 unspecified atom stereocenters. The van der Waals surface area contributed by atoms with E-state index in [1.807, 2.05) is 20.8 Å². The van der Waals surface area contributed by atoms with Crippen molar-refractivity contribution in [2.24, 2.45) is 5.41 Å². The molecule has 110 valence electrons. The molecule has 0 bridgehead atoms. The highest BCUT2D eigenvalue weighted by Crippen LogP contribution is 2.51. The molecule has 0 N–H and O–H groups in total. The lowest BCUT2D eigenvalue weighted by Gasteiger charge is -2.38. The highest BCUT2D eigenvalue weighted by atomic mass is 127. The Hall–Kier alpha value is -0.0400. The summed E-state index contributed by atoms with van der Waals surface area (Å²) in [5.74, 6) is 0. The van der Waals surface area contributed by atoms with Gasteiger partial charge < -0.3 is 14.4 Å². The zero-order chi connectivity index (χ0) is 14.5. The van der Waals surface area contributed by atoms with Crippen molar-refractivity contribution < 1.29 is 14.3 Å². The van der Waals surface area contributed by atoms with Crippen molar-refractivity contribution in [3.8, 4) is 0 Å². The Bertz CT molecular complexity index is 377. The maximum absolute atomic E-state index is 12.1. The molecule has 1 spiro atoms. The van der Waals surface area contributed by atoms with E-state index in [4.69, 9.17) is 9.47 Å². The first-order chi connectivity index (χ1) is 8.57. The zero-order valence-electron chi connectivity index (χ0n) is 12.5. The summed E-state index contributed by atoms with van der Waals surface area (Å²) < 4.78 is 12.0. The smallest absolute Gasteiger partial charge is 0.410 e. The number of ether oxygens (including phenoxy) is 2. The van der Waals surface area contributed by atoms with E-state index in [1.165, 1.54) is 0 Å². The Morgan fingerprint density at radius 1 is 1.42 bits per heavy atom. The van der Waals surface area contributed by atoms with Crippen LogP contribution in [0, 0.1) is 5.41 Å². The van der Waals surface area contributed by atoms with E-state index < -0.39 is 5.60 Å². The fourth-order valence-corrected chi connectivity index (χ4v) is 3.57. The van der Waals surface area contributed by atoms with Crippen LogP contribution in [-0.2, 0) is 9.47 Å². The Morgan fingerprint density at radius 2 is 2.05 bits per heavy atom. The summed E-state index contributed by atoms with van der Waals surface area (Å²) in [6.45, 7) is 12.3. The quantitative estimate of drug-likeness (QED) is 0.478. The first-order valence-electron chi connectivity index (χ1n) is 6.83. The van der Waals surface area contributed by atoms with Gasteiger partial charge in [0.15, 0.2) is 0 Å². The topological polar surface area (TPSA) is 38.8 Å². The van der Waals surface area contributed by atoms with Crippen molar-refractivity contribution in [2.45, 2.75) is 56.2 Å². The lowest BCUT2D eigenvalue weighted by Crippen LogP contribution is -2.47. The van der Waals surface area contributed by atoms with Crippen LogP contribution in [0.2, 0.25) is 0 Å². The van der Waals surface area contributed by atoms with Gasteiger partial charge in [-0.2, -0.15) is 0 Å². The van der Waals surface area contributed by atoms with Gasteiger partial charge in [0.25, 0.3) is 0 Å². The molecule has 2 fully saturated rings. The molecule has 2 saturated heterocycles. The molecule has 19 heavy (non-hydrogen) atoms. The normalized spacial score (nSPS) is 34.0. The predicted molar refractivity (Wildman–Crippen MR) is 82.7 cm³/mol. The average Bonchev–Trinajstić information content (AvgIpc) is 2.76. The molecule has 4 nitrogen and oxygen atoms in total. The van der Waals surface area contributed by atoms with Gasteiger partial charge in [0.1, 0.15) is 5.60 Å². The van der Waals surface area contributed by atoms with Gasteiger partial charge in [0, 0.05) is 15.9 Å². The van der Waals surface area contributed by atoms with Gasteiger partial charge in [0.05, 0.1) is 18.8 Å². The zero-order valence-corrected chi connectivity index (χ0v) is 14.6. The maximum Gasteiger partial charge on any atom is 0.410 e. The van der Waals surface area contributed by atoms with E-state index in [-0.39, 0.29) is 17.1 Å². The first-order valence-corrected chi connectivity index (χ1v) is 8.08. The van der Waals surface area contributed by atoms with Crippen molar-refractivity contribution in [3.63, 3.8) is 0 Å². The number of halogens is 1. The van der Waals surface area contributed by atoms with Gasteiger partial charge in [-0.3, -0.25) is 0 Å². The molecule has 0 aliphatic carbocycles. The lowest BCUT2D eigenvalue weighted by molar-refractivity contribution is -0.0433. The van der Waals surface area contributed by atoms with Gasteiger partial charge in [0.2, 0.25) is 0 Å². The van der Waals surface area contributed by atoms with Crippen molar-refractivity contribution in [1.82, 2.24) is 4.90 Å². The minimum atomic E-state index is -0.440. The number of alkyl halides is 1. The van der Waals surface area contributed by atoms with Gasteiger partial charge in [-0.05, 0) is 27.2 Å². The lowest BCUT2D eigenvalue weighted by atomic mass is 9.74. The maximum atomic E-state index is 12.1. The average molecular weight is 381 g/mol. The Morgan fingerprint density at radius 3 is 2.53 bits per heavy atom. The van der Waals surface area contributed by atoms with Crippen LogP contribution in [0.4, 0.5) is 4.79 Å². The van der Waals surface area contributed by atoms with Crippen LogP contribution in [0.1, 0.15) is 41.0 Å². The third kappa shape index (κ3) is 2.73. The summed E-state index contributed by atoms with van der Waals surface area (Å²) in [4.78, 5) is 13.9. The minimum absolute atomic E-state index is 0.0876. The Kier molecular flexibility index (Phi) is 3.84. The summed E-state index contributed by atoms with van der Waals surface area (Å²) in [6, 6.07) is 0. The standard InChI is InChI=1S/C14H24INO3/c1-12(2,3)19-11(17)16-7-6-14(9-16)13(4,5)10(15)8-18-14/h10H,6-9H2,1-5H3/t10-,14+/m0/s1. The van der Waals surface area contributed by atoms with Crippen LogP contribution in [0.3, 0.4) is 0 Å². The molecule has 2 heterocycles. The second-order valence-electron chi connectivity index (χ2n) is 7.15. The van der Waals surface area contributed by atoms with E-state index in [9.17, 15) is 4.79 Å². The molecule has 0 aromatic heterocycles. The van der Waals surface area contributed by atoms with Crippen molar-refractivity contribution in [2.75, 3.05) is 19.7 Å². The Balaban J connectivity index is 2.06. The number of hydrogen-bond acceptors (Lipinski definition) is 3. The van der Waals surface area contributed by atoms with E-state index in [0.717, 1.165) is 19.6 Å². The number of carbonyl (C=O) groups is 1. The largest absolute Gasteiger partial charge is 0.444 e. The van der Waals surface area contributed by atoms with Crippen molar-refractivity contribution in [1.29, 1.82) is 0 Å². The molecule has 0 aromatic carbocycles. The van der Waals surface area contributed by atoms with E-state index in [0.29, 0.717) is 10.5 Å². The molecule has 0 radical (unpaired) electrons. The molecule has 1 amide bonds. The molecule has 5 heteroatoms. The Labute approximate surface area is 129 Å². The molecule has 2 aliphatic heterocycles. The van der Waals surface area contributed by atoms with Gasteiger partial charge in [-0.15, -0.1) is 0 Å². The van der Waals surface area contributed by atoms with E-state index in [1.54, 1.807) is 4.90 Å². The first kappa shape index (κ1) is 15.4. The molecule has 2 atom stereocenters. The summed E-state index contributed by atoms with van der Waals surface area (Å²) in [5.41, 5.74) is -0.551. The molecule has 2 rings (SSSR count). The van der Waals surface area contributed by atoms with E-state index >= 15 is 0 Å². The van der Waals surface area contributed by atoms with Crippen LogP contribution < -0.4 is 0 Å². The van der Waals surface area contributed by atoms with Crippen LogP contribution in [0.5, 0.6) is 0 Å². The second kappa shape index (κ2) is 4.76. The number of rotatable bonds is 0. The highest BCUT2D eigenvalue weighted by Gasteiger charge is 2.58. The molecule has 0 aromatic rings. The van der Waals surface area contributed by atoms with E-state index in [2.05, 4.69) is 36.4 Å². The van der Waals surface area contributed by atoms with Crippen molar-refractivity contribution in [3.05, 3.63) is 0 Å². The number of hydrogen-bond donors (Lipinski definition) is 0. The second-order valence-corrected chi connectivity index (χ2v) is 8.65.